The van der Waals surface area contributed by atoms with Crippen molar-refractivity contribution in [3.05, 3.63) is 28.8 Å². The van der Waals surface area contributed by atoms with Crippen LogP contribution in [0, 0.1) is 6.92 Å². The molecule has 0 fully saturated rings. The Kier molecular flexibility index (Phi) is 3.50. The molecular weight excluding hydrogens is 212 g/mol. The second kappa shape index (κ2) is 4.10. The molecule has 0 saturated heterocycles. The molecule has 0 heterocycles. The van der Waals surface area contributed by atoms with Crippen molar-refractivity contribution in [1.82, 2.24) is 0 Å². The third kappa shape index (κ3) is 2.63. The summed E-state index contributed by atoms with van der Waals surface area (Å²) < 4.78 is 0. The average molecular weight is 236 g/mol. The molecule has 0 atom stereocenters. The predicted molar refractivity (Wildman–Crippen MR) is 75.8 cm³/mol. The van der Waals surface area contributed by atoms with E-state index in [1.54, 1.807) is 0 Å². The van der Waals surface area contributed by atoms with Gasteiger partial charge in [-0.2, -0.15) is 0 Å². The van der Waals surface area contributed by atoms with Crippen molar-refractivity contribution in [2.45, 2.75) is 64.2 Å². The number of aryl methyl sites for hydroxylation is 1. The van der Waals surface area contributed by atoms with Crippen molar-refractivity contribution in [1.29, 1.82) is 0 Å². The Morgan fingerprint density at radius 1 is 0.875 bits per heavy atom. The van der Waals surface area contributed by atoms with E-state index in [-0.39, 0.29) is 10.8 Å². The van der Waals surface area contributed by atoms with Crippen molar-refractivity contribution in [2.24, 2.45) is 0 Å². The van der Waals surface area contributed by atoms with Gasteiger partial charge in [-0.15, -0.1) is 12.6 Å². The molecule has 16 heavy (non-hydrogen) atoms. The number of hydrogen-bond acceptors (Lipinski definition) is 1. The fraction of sp³-hybridized carbons (Fsp3) is 0.600. The highest BCUT2D eigenvalue weighted by atomic mass is 32.1. The Balaban J connectivity index is 3.52. The van der Waals surface area contributed by atoms with Crippen LogP contribution in [-0.4, -0.2) is 0 Å². The van der Waals surface area contributed by atoms with Crippen LogP contribution in [0.25, 0.3) is 0 Å². The van der Waals surface area contributed by atoms with Gasteiger partial charge in [0, 0.05) is 4.90 Å². The van der Waals surface area contributed by atoms with Crippen LogP contribution in [0.5, 0.6) is 0 Å². The summed E-state index contributed by atoms with van der Waals surface area (Å²) in [6, 6.07) is 4.44. The maximum Gasteiger partial charge on any atom is 0.0117 e. The Hall–Kier alpha value is -0.430. The van der Waals surface area contributed by atoms with Crippen molar-refractivity contribution in [3.63, 3.8) is 0 Å². The SMILES string of the molecule is Cc1ccc(C(C)(C)C)c(S)c1C(C)(C)C. The molecule has 1 aromatic rings. The van der Waals surface area contributed by atoms with Crippen LogP contribution in [0.4, 0.5) is 0 Å². The van der Waals surface area contributed by atoms with E-state index >= 15 is 0 Å². The first-order valence-corrected chi connectivity index (χ1v) is 6.33. The van der Waals surface area contributed by atoms with Gasteiger partial charge >= 0.3 is 0 Å². The zero-order valence-electron chi connectivity index (χ0n) is 11.6. The van der Waals surface area contributed by atoms with Gasteiger partial charge in [0.15, 0.2) is 0 Å². The molecule has 1 rings (SSSR count). The van der Waals surface area contributed by atoms with Crippen molar-refractivity contribution in [2.75, 3.05) is 0 Å². The largest absolute Gasteiger partial charge is 0.143 e. The smallest absolute Gasteiger partial charge is 0.0117 e. The minimum atomic E-state index is 0.155. The molecule has 0 aliphatic rings. The standard InChI is InChI=1S/C15H24S/c1-10-8-9-11(14(2,3)4)13(16)12(10)15(5,6)7/h8-9,16H,1-7H3. The number of rotatable bonds is 0. The van der Waals surface area contributed by atoms with Gasteiger partial charge in [0.2, 0.25) is 0 Å². The van der Waals surface area contributed by atoms with Gasteiger partial charge in [0.1, 0.15) is 0 Å². The molecule has 0 radical (unpaired) electrons. The van der Waals surface area contributed by atoms with Crippen LogP contribution in [0.2, 0.25) is 0 Å². The minimum Gasteiger partial charge on any atom is -0.143 e. The van der Waals surface area contributed by atoms with E-state index in [9.17, 15) is 0 Å². The third-order valence-corrected chi connectivity index (χ3v) is 3.41. The lowest BCUT2D eigenvalue weighted by atomic mass is 9.78. The molecule has 0 amide bonds. The van der Waals surface area contributed by atoms with Gasteiger partial charge in [0.25, 0.3) is 0 Å². The molecule has 0 bridgehead atoms. The maximum absolute atomic E-state index is 4.77. The summed E-state index contributed by atoms with van der Waals surface area (Å²) in [6.45, 7) is 15.6. The molecule has 90 valence electrons. The van der Waals surface area contributed by atoms with Gasteiger partial charge in [0.05, 0.1) is 0 Å². The molecule has 0 aromatic heterocycles. The van der Waals surface area contributed by atoms with Crippen LogP contribution < -0.4 is 0 Å². The van der Waals surface area contributed by atoms with Crippen LogP contribution in [0.3, 0.4) is 0 Å². The normalized spacial score (nSPS) is 13.0. The van der Waals surface area contributed by atoms with Gasteiger partial charge < -0.3 is 0 Å². The zero-order chi connectivity index (χ0) is 12.7. The van der Waals surface area contributed by atoms with Crippen LogP contribution >= 0.6 is 12.6 Å². The highest BCUT2D eigenvalue weighted by molar-refractivity contribution is 7.80. The van der Waals surface area contributed by atoms with E-state index in [4.69, 9.17) is 12.6 Å². The van der Waals surface area contributed by atoms with E-state index in [1.807, 2.05) is 0 Å². The lowest BCUT2D eigenvalue weighted by Gasteiger charge is -2.29. The third-order valence-electron chi connectivity index (χ3n) is 2.94. The first-order valence-electron chi connectivity index (χ1n) is 5.88. The molecule has 0 unspecified atom stereocenters. The fourth-order valence-corrected chi connectivity index (χ4v) is 3.17. The maximum atomic E-state index is 4.77. The first-order chi connectivity index (χ1) is 7.05. The van der Waals surface area contributed by atoms with Gasteiger partial charge in [-0.3, -0.25) is 0 Å². The summed E-state index contributed by atoms with van der Waals surface area (Å²) in [7, 11) is 0. The number of benzene rings is 1. The number of hydrogen-bond donors (Lipinski definition) is 1. The Labute approximate surface area is 106 Å². The molecule has 0 saturated carbocycles. The van der Waals surface area contributed by atoms with Crippen molar-refractivity contribution < 1.29 is 0 Å². The molecule has 0 aliphatic heterocycles. The summed E-state index contributed by atoms with van der Waals surface area (Å²) in [5, 5.41) is 0. The topological polar surface area (TPSA) is 0 Å². The summed E-state index contributed by atoms with van der Waals surface area (Å²) in [5.41, 5.74) is 4.37. The molecular formula is C15H24S. The molecule has 1 heteroatoms. The highest BCUT2D eigenvalue weighted by Crippen LogP contribution is 2.37. The van der Waals surface area contributed by atoms with Crippen LogP contribution in [-0.2, 0) is 10.8 Å². The monoisotopic (exact) mass is 236 g/mol. The lowest BCUT2D eigenvalue weighted by Crippen LogP contribution is -2.19. The average Bonchev–Trinajstić information content (AvgIpc) is 1.97. The first kappa shape index (κ1) is 13.6. The summed E-state index contributed by atoms with van der Waals surface area (Å²) in [6.07, 6.45) is 0. The Bertz CT molecular complexity index is 389. The predicted octanol–water partition coefficient (Wildman–Crippen LogP) is 4.88. The van der Waals surface area contributed by atoms with E-state index in [0.29, 0.717) is 0 Å². The van der Waals surface area contributed by atoms with Gasteiger partial charge in [-0.1, -0.05) is 53.7 Å². The molecule has 0 N–H and O–H groups in total. The fourth-order valence-electron chi connectivity index (χ4n) is 2.24. The minimum absolute atomic E-state index is 0.155. The summed E-state index contributed by atoms with van der Waals surface area (Å²) in [5.74, 6) is 0. The molecule has 1 aromatic carbocycles. The highest BCUT2D eigenvalue weighted by Gasteiger charge is 2.25. The van der Waals surface area contributed by atoms with E-state index in [2.05, 4.69) is 60.6 Å². The van der Waals surface area contributed by atoms with E-state index in [0.717, 1.165) is 0 Å². The Morgan fingerprint density at radius 2 is 1.38 bits per heavy atom. The quantitative estimate of drug-likeness (QED) is 0.610. The lowest BCUT2D eigenvalue weighted by molar-refractivity contribution is 0.544. The number of thiol groups is 1. The zero-order valence-corrected chi connectivity index (χ0v) is 12.5. The van der Waals surface area contributed by atoms with Crippen molar-refractivity contribution >= 4 is 12.6 Å². The van der Waals surface area contributed by atoms with Crippen LogP contribution in [0.15, 0.2) is 17.0 Å². The summed E-state index contributed by atoms with van der Waals surface area (Å²) >= 11 is 4.77. The summed E-state index contributed by atoms with van der Waals surface area (Å²) in [4.78, 5) is 1.17. The van der Waals surface area contributed by atoms with Gasteiger partial charge in [-0.05, 0) is 34.4 Å². The second-order valence-electron chi connectivity index (χ2n) is 6.65. The molecule has 0 aliphatic carbocycles. The van der Waals surface area contributed by atoms with Crippen molar-refractivity contribution in [3.8, 4) is 0 Å². The van der Waals surface area contributed by atoms with Crippen LogP contribution in [0.1, 0.15) is 58.2 Å². The van der Waals surface area contributed by atoms with Gasteiger partial charge in [-0.25, -0.2) is 0 Å². The van der Waals surface area contributed by atoms with E-state index < -0.39 is 0 Å². The molecule has 0 spiro atoms. The molecule has 0 nitrogen and oxygen atoms in total. The second-order valence-corrected chi connectivity index (χ2v) is 7.10. The van der Waals surface area contributed by atoms with E-state index in [1.165, 1.54) is 21.6 Å². The Morgan fingerprint density at radius 3 is 1.75 bits per heavy atom.